The number of likely N-dealkylation sites (N-methyl/N-ethyl adjacent to an activating group) is 1. The Morgan fingerprint density at radius 3 is 3.00 bits per heavy atom. The fraction of sp³-hybridized carbons (Fsp3) is 0.273. The molecule has 1 amide bonds. The summed E-state index contributed by atoms with van der Waals surface area (Å²) in [4.78, 5) is 17.7. The summed E-state index contributed by atoms with van der Waals surface area (Å²) in [6.45, 7) is 0.345. The van der Waals surface area contributed by atoms with E-state index in [2.05, 4.69) is 10.3 Å². The predicted octanol–water partition coefficient (Wildman–Crippen LogP) is 1.38. The normalized spacial score (nSPS) is 11.0. The Morgan fingerprint density at radius 2 is 2.29 bits per heavy atom. The van der Waals surface area contributed by atoms with Crippen LogP contribution in [0.4, 0.5) is 10.8 Å². The molecule has 17 heavy (non-hydrogen) atoms. The third-order valence-electron chi connectivity index (χ3n) is 2.12. The highest BCUT2D eigenvalue weighted by molar-refractivity contribution is 7.22. The van der Waals surface area contributed by atoms with E-state index in [4.69, 9.17) is 5.73 Å². The van der Waals surface area contributed by atoms with Crippen molar-refractivity contribution >= 4 is 38.3 Å². The largest absolute Gasteiger partial charge is 0.399 e. The molecule has 2 rings (SSSR count). The third-order valence-corrected chi connectivity index (χ3v) is 3.05. The molecule has 0 saturated carbocycles. The first kappa shape index (κ1) is 11.8. The molecule has 0 spiro atoms. The number of nitrogens with two attached hydrogens (primary N) is 1. The number of fused-ring (bicyclic) bond motifs is 1. The predicted molar refractivity (Wildman–Crippen MR) is 71.2 cm³/mol. The van der Waals surface area contributed by atoms with E-state index in [0.717, 1.165) is 10.2 Å². The number of aromatic nitrogens is 1. The molecule has 2 aromatic rings. The van der Waals surface area contributed by atoms with Crippen LogP contribution in [0.15, 0.2) is 18.2 Å². The maximum atomic E-state index is 11.6. The Labute approximate surface area is 103 Å². The van der Waals surface area contributed by atoms with Gasteiger partial charge >= 0.3 is 0 Å². The number of nitrogen functional groups attached to an aromatic ring is 1. The lowest BCUT2D eigenvalue weighted by Gasteiger charge is -2.07. The van der Waals surface area contributed by atoms with Crippen LogP contribution in [0.5, 0.6) is 0 Å². The summed E-state index contributed by atoms with van der Waals surface area (Å²) in [7, 11) is 3.69. The Bertz CT molecular complexity index is 549. The van der Waals surface area contributed by atoms with Gasteiger partial charge < -0.3 is 16.0 Å². The van der Waals surface area contributed by atoms with Crippen molar-refractivity contribution < 1.29 is 4.79 Å². The van der Waals surface area contributed by atoms with Crippen molar-refractivity contribution in [2.75, 3.05) is 31.7 Å². The Kier molecular flexibility index (Phi) is 3.26. The maximum Gasteiger partial charge on any atom is 0.240 e. The number of nitrogens with zero attached hydrogens (tertiary/aromatic N) is 2. The van der Waals surface area contributed by atoms with E-state index in [0.29, 0.717) is 17.4 Å². The molecule has 90 valence electrons. The lowest BCUT2D eigenvalue weighted by molar-refractivity contribution is -0.116. The Hall–Kier alpha value is -1.66. The average Bonchev–Trinajstić information content (AvgIpc) is 2.57. The van der Waals surface area contributed by atoms with Gasteiger partial charge in [0.15, 0.2) is 5.13 Å². The van der Waals surface area contributed by atoms with E-state index in [1.54, 1.807) is 11.0 Å². The van der Waals surface area contributed by atoms with Crippen molar-refractivity contribution in [1.82, 2.24) is 9.88 Å². The van der Waals surface area contributed by atoms with Crippen molar-refractivity contribution in [3.05, 3.63) is 18.2 Å². The number of rotatable bonds is 3. The van der Waals surface area contributed by atoms with Crippen LogP contribution >= 0.6 is 11.3 Å². The lowest BCUT2D eigenvalue weighted by atomic mass is 10.3. The highest BCUT2D eigenvalue weighted by Gasteiger charge is 2.08. The van der Waals surface area contributed by atoms with Gasteiger partial charge in [0.05, 0.1) is 16.8 Å². The van der Waals surface area contributed by atoms with Crippen molar-refractivity contribution in [2.24, 2.45) is 0 Å². The molecule has 6 heteroatoms. The Morgan fingerprint density at radius 1 is 1.53 bits per heavy atom. The second-order valence-corrected chi connectivity index (χ2v) is 5.06. The summed E-state index contributed by atoms with van der Waals surface area (Å²) in [5, 5.41) is 3.38. The van der Waals surface area contributed by atoms with Crippen LogP contribution in [0.2, 0.25) is 0 Å². The summed E-state index contributed by atoms with van der Waals surface area (Å²) in [5.74, 6) is -0.0676. The van der Waals surface area contributed by atoms with Crippen LogP contribution in [0.1, 0.15) is 0 Å². The number of thiazole rings is 1. The molecule has 1 heterocycles. The second-order valence-electron chi connectivity index (χ2n) is 4.03. The van der Waals surface area contributed by atoms with Gasteiger partial charge in [0.25, 0.3) is 0 Å². The smallest absolute Gasteiger partial charge is 0.240 e. The maximum absolute atomic E-state index is 11.6. The monoisotopic (exact) mass is 250 g/mol. The van der Waals surface area contributed by atoms with Crippen LogP contribution < -0.4 is 11.1 Å². The molecule has 0 saturated heterocycles. The molecular formula is C11H14N4OS. The van der Waals surface area contributed by atoms with Gasteiger partial charge in [0, 0.05) is 5.69 Å². The first-order chi connectivity index (χ1) is 8.04. The van der Waals surface area contributed by atoms with Crippen molar-refractivity contribution in [2.45, 2.75) is 0 Å². The SMILES string of the molecule is CN(C)CC(=O)Nc1nc2ccc(N)cc2s1. The number of amides is 1. The second kappa shape index (κ2) is 4.68. The van der Waals surface area contributed by atoms with E-state index < -0.39 is 0 Å². The average molecular weight is 250 g/mol. The van der Waals surface area contributed by atoms with Crippen LogP contribution in [0.25, 0.3) is 10.2 Å². The molecule has 0 radical (unpaired) electrons. The number of benzene rings is 1. The van der Waals surface area contributed by atoms with E-state index in [1.165, 1.54) is 11.3 Å². The molecule has 5 nitrogen and oxygen atoms in total. The van der Waals surface area contributed by atoms with Crippen molar-refractivity contribution in [3.8, 4) is 0 Å². The first-order valence-corrected chi connectivity index (χ1v) is 5.97. The zero-order valence-corrected chi connectivity index (χ0v) is 10.5. The first-order valence-electron chi connectivity index (χ1n) is 5.15. The number of carbonyl (C=O) groups is 1. The lowest BCUT2D eigenvalue weighted by Crippen LogP contribution is -2.26. The molecular weight excluding hydrogens is 236 g/mol. The standard InChI is InChI=1S/C11H14N4OS/c1-15(2)6-10(16)14-11-13-8-4-3-7(12)5-9(8)17-11/h3-5H,6,12H2,1-2H3,(H,13,14,16). The molecule has 3 N–H and O–H groups in total. The van der Waals surface area contributed by atoms with E-state index in [-0.39, 0.29) is 5.91 Å². The molecule has 0 aliphatic heterocycles. The number of nitrogens with one attached hydrogen (secondary N) is 1. The van der Waals surface area contributed by atoms with Crippen LogP contribution in [-0.2, 0) is 4.79 Å². The van der Waals surface area contributed by atoms with Gasteiger partial charge in [-0.2, -0.15) is 0 Å². The van der Waals surface area contributed by atoms with E-state index in [1.807, 2.05) is 26.2 Å². The quantitative estimate of drug-likeness (QED) is 0.807. The molecule has 0 unspecified atom stereocenters. The Balaban J connectivity index is 2.17. The molecule has 0 aliphatic rings. The number of carbonyl (C=O) groups excluding carboxylic acids is 1. The topological polar surface area (TPSA) is 71.2 Å². The number of hydrogen-bond acceptors (Lipinski definition) is 5. The minimum atomic E-state index is -0.0676. The minimum Gasteiger partial charge on any atom is -0.399 e. The fourth-order valence-corrected chi connectivity index (χ4v) is 2.37. The molecule has 0 aliphatic carbocycles. The van der Waals surface area contributed by atoms with Crippen LogP contribution in [0, 0.1) is 0 Å². The molecule has 1 aromatic heterocycles. The fourth-order valence-electron chi connectivity index (χ4n) is 1.44. The zero-order chi connectivity index (χ0) is 12.4. The van der Waals surface area contributed by atoms with E-state index >= 15 is 0 Å². The zero-order valence-electron chi connectivity index (χ0n) is 9.73. The number of hydrogen-bond donors (Lipinski definition) is 2. The van der Waals surface area contributed by atoms with Crippen molar-refractivity contribution in [1.29, 1.82) is 0 Å². The van der Waals surface area contributed by atoms with Gasteiger partial charge in [0.2, 0.25) is 5.91 Å². The van der Waals surface area contributed by atoms with Gasteiger partial charge in [-0.05, 0) is 32.3 Å². The molecule has 0 atom stereocenters. The summed E-state index contributed by atoms with van der Waals surface area (Å²) in [6, 6.07) is 5.50. The molecule has 0 bridgehead atoms. The minimum absolute atomic E-state index is 0.0676. The molecule has 1 aromatic carbocycles. The third kappa shape index (κ3) is 2.92. The van der Waals surface area contributed by atoms with Crippen LogP contribution in [-0.4, -0.2) is 36.4 Å². The van der Waals surface area contributed by atoms with Crippen LogP contribution in [0.3, 0.4) is 0 Å². The van der Waals surface area contributed by atoms with Gasteiger partial charge in [0.1, 0.15) is 0 Å². The van der Waals surface area contributed by atoms with E-state index in [9.17, 15) is 4.79 Å². The number of anilines is 2. The van der Waals surface area contributed by atoms with Gasteiger partial charge in [-0.1, -0.05) is 11.3 Å². The van der Waals surface area contributed by atoms with Crippen molar-refractivity contribution in [3.63, 3.8) is 0 Å². The highest BCUT2D eigenvalue weighted by Crippen LogP contribution is 2.27. The molecule has 0 fully saturated rings. The summed E-state index contributed by atoms with van der Waals surface area (Å²) < 4.78 is 0.977. The summed E-state index contributed by atoms with van der Waals surface area (Å²) in [6.07, 6.45) is 0. The van der Waals surface area contributed by atoms with Gasteiger partial charge in [-0.3, -0.25) is 4.79 Å². The van der Waals surface area contributed by atoms with Gasteiger partial charge in [-0.25, -0.2) is 4.98 Å². The summed E-state index contributed by atoms with van der Waals surface area (Å²) >= 11 is 1.43. The highest BCUT2D eigenvalue weighted by atomic mass is 32.1. The summed E-state index contributed by atoms with van der Waals surface area (Å²) in [5.41, 5.74) is 7.24. The van der Waals surface area contributed by atoms with Gasteiger partial charge in [-0.15, -0.1) is 0 Å².